The Hall–Kier alpha value is -1.43. The van der Waals surface area contributed by atoms with Gasteiger partial charge in [-0.1, -0.05) is 13.8 Å². The molecule has 1 fully saturated rings. The number of carbonyl (C=O) groups excluding carboxylic acids is 1. The number of aromatic nitrogens is 3. The van der Waals surface area contributed by atoms with Gasteiger partial charge in [-0.25, -0.2) is 4.98 Å². The Morgan fingerprint density at radius 2 is 2.24 bits per heavy atom. The van der Waals surface area contributed by atoms with Crippen molar-refractivity contribution in [3.05, 3.63) is 11.6 Å². The lowest BCUT2D eigenvalue weighted by atomic mass is 9.99. The molecule has 0 aliphatic carbocycles. The molecule has 6 heteroatoms. The fourth-order valence-corrected chi connectivity index (χ4v) is 2.82. The number of H-pyrrole nitrogens is 1. The maximum Gasteiger partial charge on any atom is 0.293 e. The zero-order chi connectivity index (χ0) is 15.1. The summed E-state index contributed by atoms with van der Waals surface area (Å²) in [4.78, 5) is 18.8. The van der Waals surface area contributed by atoms with E-state index in [1.54, 1.807) is 0 Å². The van der Waals surface area contributed by atoms with E-state index < -0.39 is 0 Å². The van der Waals surface area contributed by atoms with Crippen molar-refractivity contribution in [3.8, 4) is 0 Å². The van der Waals surface area contributed by atoms with Gasteiger partial charge >= 0.3 is 0 Å². The number of rotatable bonds is 7. The smallest absolute Gasteiger partial charge is 0.293 e. The number of hydrogen-bond acceptors (Lipinski definition) is 4. The van der Waals surface area contributed by atoms with E-state index in [-0.39, 0.29) is 5.91 Å². The van der Waals surface area contributed by atoms with E-state index in [1.807, 2.05) is 4.90 Å². The van der Waals surface area contributed by atoms with Crippen LogP contribution in [0.3, 0.4) is 0 Å². The molecule has 1 aromatic rings. The molecule has 1 saturated heterocycles. The summed E-state index contributed by atoms with van der Waals surface area (Å²) < 4.78 is 0. The molecular formula is C15H27N5O. The number of hydrogen-bond donors (Lipinski definition) is 2. The number of aryl methyl sites for hydroxylation is 1. The Bertz CT molecular complexity index is 439. The summed E-state index contributed by atoms with van der Waals surface area (Å²) in [6, 6.07) is 0. The first-order valence-electron chi connectivity index (χ1n) is 8.15. The number of piperidine rings is 1. The van der Waals surface area contributed by atoms with Gasteiger partial charge in [-0.2, -0.15) is 0 Å². The number of nitrogens with one attached hydrogen (secondary N) is 2. The van der Waals surface area contributed by atoms with Crippen LogP contribution in [0.2, 0.25) is 0 Å². The third kappa shape index (κ3) is 4.52. The average molecular weight is 293 g/mol. The van der Waals surface area contributed by atoms with E-state index in [9.17, 15) is 4.79 Å². The summed E-state index contributed by atoms with van der Waals surface area (Å²) in [7, 11) is 0. The molecule has 1 aromatic heterocycles. The van der Waals surface area contributed by atoms with Crippen LogP contribution in [0.1, 0.15) is 56.0 Å². The van der Waals surface area contributed by atoms with Crippen LogP contribution in [0.25, 0.3) is 0 Å². The molecule has 1 amide bonds. The van der Waals surface area contributed by atoms with E-state index in [4.69, 9.17) is 0 Å². The molecule has 0 radical (unpaired) electrons. The molecule has 0 bridgehead atoms. The summed E-state index contributed by atoms with van der Waals surface area (Å²) in [5.74, 6) is 1.62. The third-order valence-electron chi connectivity index (χ3n) is 3.87. The first-order chi connectivity index (χ1) is 10.2. The van der Waals surface area contributed by atoms with Gasteiger partial charge in [-0.15, -0.1) is 5.10 Å². The molecule has 1 unspecified atom stereocenters. The van der Waals surface area contributed by atoms with Crippen LogP contribution in [0.5, 0.6) is 0 Å². The lowest BCUT2D eigenvalue weighted by molar-refractivity contribution is 0.0707. The van der Waals surface area contributed by atoms with Crippen LogP contribution >= 0.6 is 0 Å². The number of aromatic amines is 1. The van der Waals surface area contributed by atoms with Gasteiger partial charge in [-0.3, -0.25) is 9.89 Å². The molecule has 21 heavy (non-hydrogen) atoms. The Balaban J connectivity index is 1.99. The van der Waals surface area contributed by atoms with E-state index in [2.05, 4.69) is 34.3 Å². The number of carbonyl (C=O) groups is 1. The third-order valence-corrected chi connectivity index (χ3v) is 3.87. The fourth-order valence-electron chi connectivity index (χ4n) is 2.82. The highest BCUT2D eigenvalue weighted by Gasteiger charge is 2.23. The summed E-state index contributed by atoms with van der Waals surface area (Å²) in [5.41, 5.74) is 0. The van der Waals surface area contributed by atoms with E-state index in [1.165, 1.54) is 12.8 Å². The van der Waals surface area contributed by atoms with Crippen molar-refractivity contribution < 1.29 is 4.79 Å². The Morgan fingerprint density at radius 1 is 1.38 bits per heavy atom. The zero-order valence-corrected chi connectivity index (χ0v) is 13.2. The van der Waals surface area contributed by atoms with Crippen molar-refractivity contribution in [2.45, 2.75) is 46.0 Å². The maximum atomic E-state index is 12.6. The molecule has 0 spiro atoms. The highest BCUT2D eigenvalue weighted by atomic mass is 16.2. The van der Waals surface area contributed by atoms with Crippen LogP contribution in [0.15, 0.2) is 0 Å². The van der Waals surface area contributed by atoms with Crippen LogP contribution in [0.4, 0.5) is 0 Å². The second-order valence-corrected chi connectivity index (χ2v) is 5.82. The Kier molecular flexibility index (Phi) is 6.17. The largest absolute Gasteiger partial charge is 0.336 e. The van der Waals surface area contributed by atoms with Crippen molar-refractivity contribution in [1.29, 1.82) is 0 Å². The molecule has 6 nitrogen and oxygen atoms in total. The molecule has 0 aromatic carbocycles. The van der Waals surface area contributed by atoms with E-state index >= 15 is 0 Å². The summed E-state index contributed by atoms with van der Waals surface area (Å²) in [6.45, 7) is 7.86. The summed E-state index contributed by atoms with van der Waals surface area (Å²) in [6.07, 6.45) is 5.17. The normalized spacial score (nSPS) is 18.7. The first kappa shape index (κ1) is 15.9. The Morgan fingerprint density at radius 3 is 2.90 bits per heavy atom. The highest BCUT2D eigenvalue weighted by molar-refractivity contribution is 5.90. The van der Waals surface area contributed by atoms with E-state index in [0.29, 0.717) is 11.7 Å². The molecular weight excluding hydrogens is 266 g/mol. The topological polar surface area (TPSA) is 73.9 Å². The van der Waals surface area contributed by atoms with Crippen molar-refractivity contribution in [2.24, 2.45) is 5.92 Å². The molecule has 1 aliphatic rings. The van der Waals surface area contributed by atoms with Crippen molar-refractivity contribution in [3.63, 3.8) is 0 Å². The number of amides is 1. The standard InChI is InChI=1S/C15H27N5O/c1-3-6-13-17-14(19-18-13)15(21)20(9-4-2)11-12-7-5-8-16-10-12/h12,16H,3-11H2,1-2H3,(H,17,18,19). The molecule has 1 atom stereocenters. The van der Waals surface area contributed by atoms with Gasteiger partial charge < -0.3 is 10.2 Å². The quantitative estimate of drug-likeness (QED) is 0.801. The zero-order valence-electron chi connectivity index (χ0n) is 13.2. The molecule has 1 aliphatic heterocycles. The average Bonchev–Trinajstić information content (AvgIpc) is 2.96. The van der Waals surface area contributed by atoms with Gasteiger partial charge in [0.05, 0.1) is 0 Å². The van der Waals surface area contributed by atoms with Gasteiger partial charge in [-0.05, 0) is 44.7 Å². The van der Waals surface area contributed by atoms with Crippen LogP contribution < -0.4 is 5.32 Å². The summed E-state index contributed by atoms with van der Waals surface area (Å²) in [5, 5.41) is 10.4. The Labute approximate surface area is 126 Å². The second-order valence-electron chi connectivity index (χ2n) is 5.82. The molecule has 2 N–H and O–H groups in total. The van der Waals surface area contributed by atoms with Gasteiger partial charge in [0.2, 0.25) is 5.82 Å². The lowest BCUT2D eigenvalue weighted by Gasteiger charge is -2.29. The minimum Gasteiger partial charge on any atom is -0.336 e. The van der Waals surface area contributed by atoms with Crippen LogP contribution in [-0.4, -0.2) is 52.2 Å². The monoisotopic (exact) mass is 293 g/mol. The minimum atomic E-state index is -0.0407. The van der Waals surface area contributed by atoms with Crippen molar-refractivity contribution in [1.82, 2.24) is 25.4 Å². The first-order valence-corrected chi connectivity index (χ1v) is 8.15. The van der Waals surface area contributed by atoms with Gasteiger partial charge in [0, 0.05) is 19.5 Å². The summed E-state index contributed by atoms with van der Waals surface area (Å²) >= 11 is 0. The maximum absolute atomic E-state index is 12.6. The molecule has 0 saturated carbocycles. The van der Waals surface area contributed by atoms with Gasteiger partial charge in [0.25, 0.3) is 5.91 Å². The predicted molar refractivity (Wildman–Crippen MR) is 82.2 cm³/mol. The van der Waals surface area contributed by atoms with Crippen molar-refractivity contribution >= 4 is 5.91 Å². The second kappa shape index (κ2) is 8.12. The molecule has 2 rings (SSSR count). The van der Waals surface area contributed by atoms with Crippen molar-refractivity contribution in [2.75, 3.05) is 26.2 Å². The molecule has 2 heterocycles. The number of nitrogens with zero attached hydrogens (tertiary/aromatic N) is 3. The van der Waals surface area contributed by atoms with E-state index in [0.717, 1.165) is 51.3 Å². The van der Waals surface area contributed by atoms with Gasteiger partial charge in [0.15, 0.2) is 0 Å². The van der Waals surface area contributed by atoms with Gasteiger partial charge in [0.1, 0.15) is 5.82 Å². The molecule has 118 valence electrons. The fraction of sp³-hybridized carbons (Fsp3) is 0.800. The SMILES string of the molecule is CCCc1nc(C(=O)N(CCC)CC2CCCNC2)n[nH]1. The van der Waals surface area contributed by atoms with Crippen LogP contribution in [0, 0.1) is 5.92 Å². The predicted octanol–water partition coefficient (Wildman–Crippen LogP) is 1.61. The minimum absolute atomic E-state index is 0.0407. The lowest BCUT2D eigenvalue weighted by Crippen LogP contribution is -2.41. The highest BCUT2D eigenvalue weighted by Crippen LogP contribution is 2.13. The van der Waals surface area contributed by atoms with Crippen LogP contribution in [-0.2, 0) is 6.42 Å².